The molecule has 2 aromatic rings. The molecule has 1 atom stereocenters. The van der Waals surface area contributed by atoms with Crippen LogP contribution in [0.3, 0.4) is 0 Å². The number of benzene rings is 2. The lowest BCUT2D eigenvalue weighted by Crippen LogP contribution is -2.43. The van der Waals surface area contributed by atoms with Gasteiger partial charge < -0.3 is 15.4 Å². The van der Waals surface area contributed by atoms with Crippen LogP contribution in [0.2, 0.25) is 0 Å². The van der Waals surface area contributed by atoms with Crippen LogP contribution >= 0.6 is 0 Å². The van der Waals surface area contributed by atoms with Gasteiger partial charge in [-0.2, -0.15) is 0 Å². The lowest BCUT2D eigenvalue weighted by Gasteiger charge is -2.17. The molecule has 0 aliphatic rings. The number of aliphatic imine (C=N–C) groups is 1. The number of hydrogen-bond donors (Lipinski definition) is 2. The van der Waals surface area contributed by atoms with Crippen LogP contribution in [0, 0.1) is 5.82 Å². The van der Waals surface area contributed by atoms with Gasteiger partial charge in [-0.25, -0.2) is 12.8 Å². The smallest absolute Gasteiger partial charge is 0.191 e. The number of nitrogens with zero attached hydrogens (tertiary/aromatic N) is 1. The van der Waals surface area contributed by atoms with Crippen molar-refractivity contribution in [3.63, 3.8) is 0 Å². The van der Waals surface area contributed by atoms with Gasteiger partial charge in [0.25, 0.3) is 0 Å². The van der Waals surface area contributed by atoms with E-state index >= 15 is 0 Å². The first-order chi connectivity index (χ1) is 13.7. The number of hydrogen-bond acceptors (Lipinski definition) is 4. The van der Waals surface area contributed by atoms with Crippen LogP contribution in [0.5, 0.6) is 11.5 Å². The van der Waals surface area contributed by atoms with E-state index in [2.05, 4.69) is 15.6 Å². The number of guanidine groups is 1. The predicted octanol–water partition coefficient (Wildman–Crippen LogP) is 3.15. The second kappa shape index (κ2) is 10.8. The summed E-state index contributed by atoms with van der Waals surface area (Å²) < 4.78 is 41.1. The van der Waals surface area contributed by atoms with Crippen molar-refractivity contribution in [2.45, 2.75) is 25.8 Å². The van der Waals surface area contributed by atoms with E-state index in [-0.39, 0.29) is 17.6 Å². The molecule has 1 unspecified atom stereocenters. The van der Waals surface area contributed by atoms with Crippen molar-refractivity contribution in [1.29, 1.82) is 0 Å². The van der Waals surface area contributed by atoms with E-state index in [1.807, 2.05) is 31.2 Å². The summed E-state index contributed by atoms with van der Waals surface area (Å²) in [5.41, 5.74) is 1.13. The Morgan fingerprint density at radius 2 is 1.69 bits per heavy atom. The van der Waals surface area contributed by atoms with Crippen molar-refractivity contribution in [2.75, 3.05) is 25.6 Å². The third-order valence-electron chi connectivity index (χ3n) is 4.21. The molecule has 29 heavy (non-hydrogen) atoms. The number of rotatable bonds is 9. The zero-order chi connectivity index (χ0) is 21.3. The van der Waals surface area contributed by atoms with Gasteiger partial charge in [0.05, 0.1) is 5.75 Å². The van der Waals surface area contributed by atoms with E-state index in [0.29, 0.717) is 30.4 Å². The van der Waals surface area contributed by atoms with Gasteiger partial charge in [-0.1, -0.05) is 12.1 Å². The fourth-order valence-electron chi connectivity index (χ4n) is 2.58. The zero-order valence-electron chi connectivity index (χ0n) is 17.0. The molecule has 0 amide bonds. The molecule has 0 fully saturated rings. The Kier molecular flexibility index (Phi) is 8.45. The van der Waals surface area contributed by atoms with Gasteiger partial charge in [0.2, 0.25) is 0 Å². The highest BCUT2D eigenvalue weighted by Crippen LogP contribution is 2.21. The summed E-state index contributed by atoms with van der Waals surface area (Å²) in [4.78, 5) is 4.17. The molecule has 158 valence electrons. The minimum absolute atomic E-state index is 0.00109. The molecule has 0 saturated carbocycles. The van der Waals surface area contributed by atoms with E-state index in [1.165, 1.54) is 18.4 Å². The Hall–Kier alpha value is -2.61. The third-order valence-corrected chi connectivity index (χ3v) is 5.18. The van der Waals surface area contributed by atoms with Gasteiger partial charge >= 0.3 is 0 Å². The first-order valence-corrected chi connectivity index (χ1v) is 11.5. The zero-order valence-corrected chi connectivity index (χ0v) is 17.8. The van der Waals surface area contributed by atoms with Crippen molar-refractivity contribution in [1.82, 2.24) is 10.6 Å². The van der Waals surface area contributed by atoms with Crippen LogP contribution in [-0.4, -0.2) is 46.0 Å². The van der Waals surface area contributed by atoms with Gasteiger partial charge in [-0.05, 0) is 61.7 Å². The molecule has 0 spiro atoms. The molecule has 8 heteroatoms. The largest absolute Gasteiger partial charge is 0.457 e. The Balaban J connectivity index is 1.76. The highest BCUT2D eigenvalue weighted by Gasteiger charge is 2.09. The number of halogens is 1. The summed E-state index contributed by atoms with van der Waals surface area (Å²) in [5, 5.41) is 6.42. The van der Waals surface area contributed by atoms with Gasteiger partial charge in [0.1, 0.15) is 27.2 Å². The molecule has 0 aliphatic carbocycles. The minimum atomic E-state index is -2.97. The predicted molar refractivity (Wildman–Crippen MR) is 115 cm³/mol. The van der Waals surface area contributed by atoms with E-state index in [4.69, 9.17) is 4.74 Å². The van der Waals surface area contributed by atoms with Crippen LogP contribution in [0.15, 0.2) is 53.5 Å². The molecule has 0 saturated heterocycles. The van der Waals surface area contributed by atoms with Crippen LogP contribution in [-0.2, 0) is 16.3 Å². The van der Waals surface area contributed by atoms with Crippen molar-refractivity contribution < 1.29 is 17.5 Å². The van der Waals surface area contributed by atoms with Gasteiger partial charge in [0.15, 0.2) is 5.96 Å². The second-order valence-corrected chi connectivity index (χ2v) is 9.17. The molecule has 0 radical (unpaired) electrons. The maximum atomic E-state index is 12.9. The molecule has 0 bridgehead atoms. The van der Waals surface area contributed by atoms with E-state index < -0.39 is 9.84 Å². The Morgan fingerprint density at radius 1 is 1.10 bits per heavy atom. The monoisotopic (exact) mass is 421 g/mol. The van der Waals surface area contributed by atoms with Crippen LogP contribution in [0.25, 0.3) is 0 Å². The van der Waals surface area contributed by atoms with Crippen molar-refractivity contribution >= 4 is 15.8 Å². The number of nitrogens with one attached hydrogen (secondary N) is 2. The molecule has 2 aromatic carbocycles. The fraction of sp³-hybridized carbons (Fsp3) is 0.381. The molecule has 0 heterocycles. The summed E-state index contributed by atoms with van der Waals surface area (Å²) >= 11 is 0. The number of sulfone groups is 1. The van der Waals surface area contributed by atoms with Gasteiger partial charge in [-0.3, -0.25) is 4.99 Å². The molecule has 6 nitrogen and oxygen atoms in total. The summed E-state index contributed by atoms with van der Waals surface area (Å²) in [5.74, 6) is 1.76. The van der Waals surface area contributed by atoms with Crippen LogP contribution in [0.1, 0.15) is 18.9 Å². The summed E-state index contributed by atoms with van der Waals surface area (Å²) in [6.45, 7) is 2.61. The fourth-order valence-corrected chi connectivity index (χ4v) is 3.36. The highest BCUT2D eigenvalue weighted by molar-refractivity contribution is 7.90. The van der Waals surface area contributed by atoms with Crippen molar-refractivity contribution in [3.8, 4) is 11.5 Å². The van der Waals surface area contributed by atoms with E-state index in [9.17, 15) is 12.8 Å². The van der Waals surface area contributed by atoms with Crippen molar-refractivity contribution in [3.05, 3.63) is 59.9 Å². The Bertz CT molecular complexity index is 898. The maximum absolute atomic E-state index is 12.9. The Morgan fingerprint density at radius 3 is 2.24 bits per heavy atom. The normalized spacial score (nSPS) is 13.0. The first-order valence-electron chi connectivity index (χ1n) is 9.42. The molecular formula is C21H28FN3O3S. The minimum Gasteiger partial charge on any atom is -0.457 e. The average Bonchev–Trinajstić information content (AvgIpc) is 2.68. The average molecular weight is 422 g/mol. The van der Waals surface area contributed by atoms with Crippen molar-refractivity contribution in [2.24, 2.45) is 4.99 Å². The SMILES string of the molecule is CN=C(NCCc1ccc(Oc2ccc(F)cc2)cc1)NC(C)CCS(C)(=O)=O. The molecule has 2 N–H and O–H groups in total. The lowest BCUT2D eigenvalue weighted by atomic mass is 10.1. The molecule has 0 aliphatic heterocycles. The summed E-state index contributed by atoms with van der Waals surface area (Å²) in [7, 11) is -1.29. The number of ether oxygens (including phenoxy) is 1. The summed E-state index contributed by atoms with van der Waals surface area (Å²) in [6.07, 6.45) is 2.55. The van der Waals surface area contributed by atoms with E-state index in [1.54, 1.807) is 19.2 Å². The maximum Gasteiger partial charge on any atom is 0.191 e. The second-order valence-electron chi connectivity index (χ2n) is 6.91. The van der Waals surface area contributed by atoms with Gasteiger partial charge in [0, 0.05) is 25.9 Å². The Labute approximate surface area is 172 Å². The summed E-state index contributed by atoms with van der Waals surface area (Å²) in [6, 6.07) is 13.6. The topological polar surface area (TPSA) is 79.8 Å². The molecular weight excluding hydrogens is 393 g/mol. The quantitative estimate of drug-likeness (QED) is 0.480. The highest BCUT2D eigenvalue weighted by atomic mass is 32.2. The third kappa shape index (κ3) is 8.95. The molecule has 2 rings (SSSR count). The molecule has 0 aromatic heterocycles. The standard InChI is InChI=1S/C21H28FN3O3S/c1-16(13-15-29(3,26)27)25-21(23-2)24-14-12-17-4-8-19(9-5-17)28-20-10-6-18(22)7-11-20/h4-11,16H,12-15H2,1-3H3,(H2,23,24,25). The van der Waals surface area contributed by atoms with Gasteiger partial charge in [-0.15, -0.1) is 0 Å². The van der Waals surface area contributed by atoms with Crippen LogP contribution in [0.4, 0.5) is 4.39 Å². The lowest BCUT2D eigenvalue weighted by molar-refractivity contribution is 0.480. The van der Waals surface area contributed by atoms with E-state index in [0.717, 1.165) is 12.0 Å². The first kappa shape index (κ1) is 22.7. The van der Waals surface area contributed by atoms with Crippen LogP contribution < -0.4 is 15.4 Å².